The van der Waals surface area contributed by atoms with Gasteiger partial charge in [-0.2, -0.15) is 0 Å². The van der Waals surface area contributed by atoms with E-state index in [1.54, 1.807) is 0 Å². The van der Waals surface area contributed by atoms with Crippen LogP contribution >= 0.6 is 0 Å². The molecule has 0 aromatic heterocycles. The Morgan fingerprint density at radius 1 is 0.909 bits per heavy atom. The van der Waals surface area contributed by atoms with Gasteiger partial charge in [0.15, 0.2) is 0 Å². The lowest BCUT2D eigenvalue weighted by Crippen LogP contribution is -2.31. The van der Waals surface area contributed by atoms with E-state index in [1.807, 2.05) is 67.6 Å². The minimum atomic E-state index is -0.789. The molecule has 2 aromatic carbocycles. The van der Waals surface area contributed by atoms with Gasteiger partial charge in [0.1, 0.15) is 0 Å². The topological polar surface area (TPSA) is 49.7 Å². The van der Waals surface area contributed by atoms with Gasteiger partial charge >= 0.3 is 0 Å². The molecule has 0 spiro atoms. The zero-order chi connectivity index (χ0) is 15.8. The molecule has 3 heteroatoms. The molecule has 2 aromatic rings. The van der Waals surface area contributed by atoms with Crippen LogP contribution in [0.15, 0.2) is 60.7 Å². The highest BCUT2D eigenvalue weighted by atomic mass is 16.5. The third kappa shape index (κ3) is 4.95. The van der Waals surface area contributed by atoms with Crippen LogP contribution in [0.1, 0.15) is 30.4 Å². The molecule has 0 aliphatic carbocycles. The molecule has 118 valence electrons. The Labute approximate surface area is 132 Å². The Bertz CT molecular complexity index is 527. The predicted molar refractivity (Wildman–Crippen MR) is 87.6 cm³/mol. The van der Waals surface area contributed by atoms with Crippen LogP contribution in [0.3, 0.4) is 0 Å². The van der Waals surface area contributed by atoms with Crippen LogP contribution in [0.4, 0.5) is 0 Å². The van der Waals surface area contributed by atoms with Gasteiger partial charge in [0.25, 0.3) is 0 Å². The fourth-order valence-electron chi connectivity index (χ4n) is 2.43. The summed E-state index contributed by atoms with van der Waals surface area (Å²) in [7, 11) is 0. The summed E-state index contributed by atoms with van der Waals surface area (Å²) in [4.78, 5) is 0. The maximum atomic E-state index is 10.3. The smallest absolute Gasteiger partial charge is 0.0865 e. The number of aliphatic hydroxyl groups is 2. The first-order valence-corrected chi connectivity index (χ1v) is 7.71. The van der Waals surface area contributed by atoms with Gasteiger partial charge in [-0.05, 0) is 17.5 Å². The fraction of sp³-hybridized carbons (Fsp3) is 0.368. The van der Waals surface area contributed by atoms with Crippen LogP contribution in [0.2, 0.25) is 0 Å². The van der Waals surface area contributed by atoms with Gasteiger partial charge in [-0.1, -0.05) is 67.6 Å². The molecule has 0 saturated heterocycles. The normalized spacial score (nSPS) is 15.2. The van der Waals surface area contributed by atoms with Crippen LogP contribution in [0, 0.1) is 0 Å². The molecule has 22 heavy (non-hydrogen) atoms. The molecule has 1 unspecified atom stereocenters. The first-order valence-electron chi connectivity index (χ1n) is 7.71. The number of hydrogen-bond acceptors (Lipinski definition) is 3. The van der Waals surface area contributed by atoms with Gasteiger partial charge in [0.05, 0.1) is 18.8 Å². The molecule has 0 heterocycles. The highest BCUT2D eigenvalue weighted by Crippen LogP contribution is 2.22. The van der Waals surface area contributed by atoms with Crippen molar-refractivity contribution in [1.29, 1.82) is 0 Å². The van der Waals surface area contributed by atoms with Gasteiger partial charge in [-0.25, -0.2) is 0 Å². The van der Waals surface area contributed by atoms with E-state index in [1.165, 1.54) is 0 Å². The predicted octanol–water partition coefficient (Wildman–Crippen LogP) is 3.12. The van der Waals surface area contributed by atoms with Crippen molar-refractivity contribution in [3.8, 4) is 0 Å². The van der Waals surface area contributed by atoms with Crippen molar-refractivity contribution >= 4 is 0 Å². The molecule has 0 aliphatic rings. The van der Waals surface area contributed by atoms with Gasteiger partial charge < -0.3 is 14.9 Å². The highest BCUT2D eigenvalue weighted by molar-refractivity contribution is 5.20. The largest absolute Gasteiger partial charge is 0.390 e. The molecule has 0 aliphatic heterocycles. The molecule has 0 bridgehead atoms. The van der Waals surface area contributed by atoms with E-state index in [0.717, 1.165) is 11.1 Å². The minimum Gasteiger partial charge on any atom is -0.390 e. The van der Waals surface area contributed by atoms with Crippen LogP contribution in [0.5, 0.6) is 0 Å². The summed E-state index contributed by atoms with van der Waals surface area (Å²) in [5, 5.41) is 20.4. The van der Waals surface area contributed by atoms with E-state index in [9.17, 15) is 10.2 Å². The van der Waals surface area contributed by atoms with Crippen LogP contribution < -0.4 is 0 Å². The van der Waals surface area contributed by atoms with Crippen molar-refractivity contribution in [3.05, 3.63) is 71.8 Å². The minimum absolute atomic E-state index is 0.106. The lowest BCUT2D eigenvalue weighted by Gasteiger charge is -2.24. The lowest BCUT2D eigenvalue weighted by atomic mass is 9.91. The molecular weight excluding hydrogens is 276 g/mol. The second kappa shape index (κ2) is 8.69. The average Bonchev–Trinajstić information content (AvgIpc) is 2.59. The second-order valence-electron chi connectivity index (χ2n) is 5.58. The van der Waals surface area contributed by atoms with Crippen LogP contribution in [-0.4, -0.2) is 29.0 Å². The Hall–Kier alpha value is -1.68. The lowest BCUT2D eigenvalue weighted by molar-refractivity contribution is -0.0169. The molecule has 3 atom stereocenters. The number of benzene rings is 2. The zero-order valence-electron chi connectivity index (χ0n) is 12.9. The maximum Gasteiger partial charge on any atom is 0.0865 e. The van der Waals surface area contributed by atoms with Gasteiger partial charge in [-0.15, -0.1) is 0 Å². The maximum absolute atomic E-state index is 10.3. The average molecular weight is 300 g/mol. The summed E-state index contributed by atoms with van der Waals surface area (Å²) >= 11 is 0. The van der Waals surface area contributed by atoms with Crippen molar-refractivity contribution in [2.45, 2.75) is 38.1 Å². The molecule has 0 fully saturated rings. The first kappa shape index (κ1) is 16.7. The van der Waals surface area contributed by atoms with Crippen molar-refractivity contribution in [2.24, 2.45) is 0 Å². The van der Waals surface area contributed by atoms with Crippen LogP contribution in [0.25, 0.3) is 0 Å². The van der Waals surface area contributed by atoms with E-state index >= 15 is 0 Å². The summed E-state index contributed by atoms with van der Waals surface area (Å²) < 4.78 is 5.55. The molecule has 2 rings (SSSR count). The summed E-state index contributed by atoms with van der Waals surface area (Å²) in [6.45, 7) is 2.88. The van der Waals surface area contributed by atoms with E-state index in [-0.39, 0.29) is 5.92 Å². The second-order valence-corrected chi connectivity index (χ2v) is 5.58. The molecule has 0 amide bonds. The zero-order valence-corrected chi connectivity index (χ0v) is 12.9. The van der Waals surface area contributed by atoms with Crippen LogP contribution in [-0.2, 0) is 11.3 Å². The molecule has 2 N–H and O–H groups in total. The summed E-state index contributed by atoms with van der Waals surface area (Å²) in [5.74, 6) is -0.106. The molecule has 3 nitrogen and oxygen atoms in total. The Morgan fingerprint density at radius 2 is 1.50 bits per heavy atom. The number of hydrogen-bond donors (Lipinski definition) is 2. The third-order valence-corrected chi connectivity index (χ3v) is 3.90. The molecular formula is C19H24O3. The standard InChI is InChI=1S/C19H24O3/c1-15(17-10-6-3-7-11-17)19(21)18(20)12-13-22-14-16-8-4-2-5-9-16/h2-11,15,18-21H,12-14H2,1H3/t15?,18-,19-/m1/s1. The number of ether oxygens (including phenoxy) is 1. The van der Waals surface area contributed by atoms with Crippen molar-refractivity contribution in [2.75, 3.05) is 6.61 Å². The third-order valence-electron chi connectivity index (χ3n) is 3.90. The Morgan fingerprint density at radius 3 is 2.14 bits per heavy atom. The van der Waals surface area contributed by atoms with Gasteiger partial charge in [-0.3, -0.25) is 0 Å². The number of aliphatic hydroxyl groups excluding tert-OH is 2. The Kier molecular flexibility index (Phi) is 6.59. The van der Waals surface area contributed by atoms with Crippen molar-refractivity contribution < 1.29 is 14.9 Å². The monoisotopic (exact) mass is 300 g/mol. The summed E-state index contributed by atoms with van der Waals surface area (Å²) in [6.07, 6.45) is -1.15. The first-order chi connectivity index (χ1) is 10.7. The Balaban J connectivity index is 1.73. The highest BCUT2D eigenvalue weighted by Gasteiger charge is 2.23. The molecule has 0 radical (unpaired) electrons. The SMILES string of the molecule is CC(c1ccccc1)[C@@H](O)[C@H](O)CCOCc1ccccc1. The van der Waals surface area contributed by atoms with Crippen molar-refractivity contribution in [1.82, 2.24) is 0 Å². The van der Waals surface area contributed by atoms with E-state index in [0.29, 0.717) is 19.6 Å². The number of rotatable bonds is 8. The van der Waals surface area contributed by atoms with E-state index in [4.69, 9.17) is 4.74 Å². The van der Waals surface area contributed by atoms with Crippen molar-refractivity contribution in [3.63, 3.8) is 0 Å². The summed E-state index contributed by atoms with van der Waals surface area (Å²) in [6, 6.07) is 19.7. The summed E-state index contributed by atoms with van der Waals surface area (Å²) in [5.41, 5.74) is 2.13. The molecule has 0 saturated carbocycles. The fourth-order valence-corrected chi connectivity index (χ4v) is 2.43. The van der Waals surface area contributed by atoms with Gasteiger partial charge in [0, 0.05) is 12.5 Å². The van der Waals surface area contributed by atoms with E-state index < -0.39 is 12.2 Å². The van der Waals surface area contributed by atoms with E-state index in [2.05, 4.69) is 0 Å². The quantitative estimate of drug-likeness (QED) is 0.736. The van der Waals surface area contributed by atoms with Gasteiger partial charge in [0.2, 0.25) is 0 Å².